The highest BCUT2D eigenvalue weighted by Crippen LogP contribution is 2.17. The van der Waals surface area contributed by atoms with E-state index in [1.807, 2.05) is 6.92 Å². The van der Waals surface area contributed by atoms with E-state index in [-0.39, 0.29) is 0 Å². The fourth-order valence-corrected chi connectivity index (χ4v) is 2.09. The van der Waals surface area contributed by atoms with Crippen LogP contribution in [0.4, 0.5) is 5.69 Å². The van der Waals surface area contributed by atoms with Gasteiger partial charge in [0.1, 0.15) is 5.54 Å². The molecule has 0 bridgehead atoms. The Bertz CT molecular complexity index is 433. The summed E-state index contributed by atoms with van der Waals surface area (Å²) in [6.07, 6.45) is 2.93. The molecule has 0 aliphatic carbocycles. The molecule has 0 aliphatic heterocycles. The van der Waals surface area contributed by atoms with Gasteiger partial charge in [-0.3, -0.25) is 5.32 Å². The van der Waals surface area contributed by atoms with Crippen LogP contribution < -0.4 is 10.2 Å². The lowest BCUT2D eigenvalue weighted by atomic mass is 9.99. The Labute approximate surface area is 123 Å². The first-order valence-corrected chi connectivity index (χ1v) is 7.51. The highest BCUT2D eigenvalue weighted by atomic mass is 15.1. The van der Waals surface area contributed by atoms with E-state index >= 15 is 0 Å². The molecule has 20 heavy (non-hydrogen) atoms. The predicted molar refractivity (Wildman–Crippen MR) is 86.0 cm³/mol. The lowest BCUT2D eigenvalue weighted by Gasteiger charge is -2.27. The van der Waals surface area contributed by atoms with Gasteiger partial charge in [0.2, 0.25) is 0 Å². The summed E-state index contributed by atoms with van der Waals surface area (Å²) in [6, 6.07) is 11.1. The maximum absolute atomic E-state index is 9.33. The monoisotopic (exact) mass is 273 g/mol. The minimum atomic E-state index is -0.437. The van der Waals surface area contributed by atoms with Crippen LogP contribution in [0, 0.1) is 11.3 Å². The molecule has 1 unspecified atom stereocenters. The van der Waals surface area contributed by atoms with Crippen LogP contribution in [0.2, 0.25) is 0 Å². The third-order valence-electron chi connectivity index (χ3n) is 3.74. The molecule has 1 rings (SSSR count). The highest BCUT2D eigenvalue weighted by molar-refractivity contribution is 5.46. The summed E-state index contributed by atoms with van der Waals surface area (Å²) in [5.74, 6) is 0. The number of hydrogen-bond acceptors (Lipinski definition) is 3. The zero-order valence-corrected chi connectivity index (χ0v) is 13.2. The van der Waals surface area contributed by atoms with Gasteiger partial charge in [-0.2, -0.15) is 5.26 Å². The van der Waals surface area contributed by atoms with Crippen LogP contribution in [0.1, 0.15) is 39.2 Å². The van der Waals surface area contributed by atoms with Crippen molar-refractivity contribution in [3.8, 4) is 6.07 Å². The molecule has 3 heteroatoms. The van der Waals surface area contributed by atoms with Gasteiger partial charge in [-0.15, -0.1) is 0 Å². The van der Waals surface area contributed by atoms with Crippen molar-refractivity contribution in [2.75, 3.05) is 25.0 Å². The molecule has 0 heterocycles. The smallest absolute Gasteiger partial charge is 0.105 e. The summed E-state index contributed by atoms with van der Waals surface area (Å²) in [6.45, 7) is 8.02. The molecule has 110 valence electrons. The molecule has 0 saturated heterocycles. The third-order valence-corrected chi connectivity index (χ3v) is 3.74. The van der Waals surface area contributed by atoms with E-state index in [0.717, 1.165) is 32.4 Å². The van der Waals surface area contributed by atoms with Gasteiger partial charge in [0.15, 0.2) is 0 Å². The summed E-state index contributed by atoms with van der Waals surface area (Å²) in [7, 11) is 2.08. The Morgan fingerprint density at radius 2 is 1.90 bits per heavy atom. The van der Waals surface area contributed by atoms with Crippen molar-refractivity contribution in [2.45, 2.75) is 45.6 Å². The normalized spacial score (nSPS) is 13.6. The van der Waals surface area contributed by atoms with Crippen LogP contribution in [0.3, 0.4) is 0 Å². The second-order valence-corrected chi connectivity index (χ2v) is 5.56. The van der Waals surface area contributed by atoms with E-state index in [9.17, 15) is 5.26 Å². The number of hydrogen-bond donors (Lipinski definition) is 1. The van der Waals surface area contributed by atoms with Crippen LogP contribution in [-0.2, 0) is 6.42 Å². The zero-order valence-electron chi connectivity index (χ0n) is 13.2. The molecule has 1 aromatic carbocycles. The quantitative estimate of drug-likeness (QED) is 0.789. The molecule has 1 atom stereocenters. The van der Waals surface area contributed by atoms with Crippen LogP contribution in [0.5, 0.6) is 0 Å². The standard InChI is InChI=1S/C17H27N3/c1-5-12-19-17(3,14-18)11-13-20(4)16-9-7-15(6-2)8-10-16/h7-10,19H,5-6,11-13H2,1-4H3. The molecule has 1 N–H and O–H groups in total. The van der Waals surface area contributed by atoms with Gasteiger partial charge in [-0.05, 0) is 50.4 Å². The van der Waals surface area contributed by atoms with E-state index in [1.54, 1.807) is 0 Å². The number of anilines is 1. The first kappa shape index (κ1) is 16.5. The average molecular weight is 273 g/mol. The van der Waals surface area contributed by atoms with Crippen molar-refractivity contribution in [1.82, 2.24) is 5.32 Å². The Hall–Kier alpha value is -1.53. The largest absolute Gasteiger partial charge is 0.374 e. The van der Waals surface area contributed by atoms with Crippen molar-refractivity contribution in [2.24, 2.45) is 0 Å². The first-order valence-electron chi connectivity index (χ1n) is 7.51. The van der Waals surface area contributed by atoms with Gasteiger partial charge in [-0.25, -0.2) is 0 Å². The molecule has 0 radical (unpaired) electrons. The number of nitriles is 1. The molecular formula is C17H27N3. The zero-order chi connectivity index (χ0) is 15.0. The number of benzene rings is 1. The van der Waals surface area contributed by atoms with Crippen LogP contribution in [-0.4, -0.2) is 25.7 Å². The molecular weight excluding hydrogens is 246 g/mol. The van der Waals surface area contributed by atoms with Gasteiger partial charge in [0, 0.05) is 19.3 Å². The molecule has 0 amide bonds. The van der Waals surface area contributed by atoms with Gasteiger partial charge in [-0.1, -0.05) is 26.0 Å². The van der Waals surface area contributed by atoms with Crippen molar-refractivity contribution >= 4 is 5.69 Å². The number of nitrogens with one attached hydrogen (secondary N) is 1. The highest BCUT2D eigenvalue weighted by Gasteiger charge is 2.22. The molecule has 0 fully saturated rings. The van der Waals surface area contributed by atoms with Gasteiger partial charge < -0.3 is 4.90 Å². The minimum absolute atomic E-state index is 0.437. The lowest BCUT2D eigenvalue weighted by molar-refractivity contribution is 0.421. The van der Waals surface area contributed by atoms with E-state index in [4.69, 9.17) is 0 Å². The Balaban J connectivity index is 2.56. The Kier molecular flexibility index (Phi) is 6.54. The molecule has 0 aliphatic rings. The van der Waals surface area contributed by atoms with Crippen LogP contribution in [0.15, 0.2) is 24.3 Å². The fraction of sp³-hybridized carbons (Fsp3) is 0.588. The Morgan fingerprint density at radius 3 is 2.40 bits per heavy atom. The first-order chi connectivity index (χ1) is 9.54. The molecule has 1 aromatic rings. The SMILES string of the molecule is CCCNC(C)(C#N)CCN(C)c1ccc(CC)cc1. The van der Waals surface area contributed by atoms with E-state index in [1.165, 1.54) is 11.3 Å². The molecule has 0 aromatic heterocycles. The fourth-order valence-electron chi connectivity index (χ4n) is 2.09. The number of aryl methyl sites for hydroxylation is 1. The van der Waals surface area contributed by atoms with E-state index < -0.39 is 5.54 Å². The van der Waals surface area contributed by atoms with Crippen molar-refractivity contribution in [1.29, 1.82) is 5.26 Å². The van der Waals surface area contributed by atoms with Crippen molar-refractivity contribution in [3.63, 3.8) is 0 Å². The second kappa shape index (κ2) is 7.91. The maximum atomic E-state index is 9.33. The third kappa shape index (κ3) is 4.86. The van der Waals surface area contributed by atoms with E-state index in [0.29, 0.717) is 0 Å². The van der Waals surface area contributed by atoms with Crippen LogP contribution in [0.25, 0.3) is 0 Å². The molecule has 3 nitrogen and oxygen atoms in total. The van der Waals surface area contributed by atoms with Crippen LogP contribution >= 0.6 is 0 Å². The summed E-state index contributed by atoms with van der Waals surface area (Å²) in [5.41, 5.74) is 2.12. The topological polar surface area (TPSA) is 39.1 Å². The lowest BCUT2D eigenvalue weighted by Crippen LogP contribution is -2.43. The van der Waals surface area contributed by atoms with Gasteiger partial charge >= 0.3 is 0 Å². The minimum Gasteiger partial charge on any atom is -0.374 e. The average Bonchev–Trinajstić information content (AvgIpc) is 2.50. The summed E-state index contributed by atoms with van der Waals surface area (Å²) < 4.78 is 0. The predicted octanol–water partition coefficient (Wildman–Crippen LogP) is 3.36. The number of rotatable bonds is 8. The van der Waals surface area contributed by atoms with Crippen molar-refractivity contribution in [3.05, 3.63) is 29.8 Å². The Morgan fingerprint density at radius 1 is 1.25 bits per heavy atom. The van der Waals surface area contributed by atoms with Gasteiger partial charge in [0.25, 0.3) is 0 Å². The number of nitrogens with zero attached hydrogens (tertiary/aromatic N) is 2. The summed E-state index contributed by atoms with van der Waals surface area (Å²) >= 11 is 0. The summed E-state index contributed by atoms with van der Waals surface area (Å²) in [5, 5.41) is 12.7. The second-order valence-electron chi connectivity index (χ2n) is 5.56. The summed E-state index contributed by atoms with van der Waals surface area (Å²) in [4.78, 5) is 2.21. The van der Waals surface area contributed by atoms with E-state index in [2.05, 4.69) is 61.4 Å². The molecule has 0 spiro atoms. The van der Waals surface area contributed by atoms with Gasteiger partial charge in [0.05, 0.1) is 6.07 Å². The maximum Gasteiger partial charge on any atom is 0.105 e. The van der Waals surface area contributed by atoms with Crippen molar-refractivity contribution < 1.29 is 0 Å². The molecule has 0 saturated carbocycles.